The minimum atomic E-state index is -0.379. The van der Waals surface area contributed by atoms with Crippen molar-refractivity contribution in [2.75, 3.05) is 13.2 Å². The van der Waals surface area contributed by atoms with Crippen molar-refractivity contribution in [3.05, 3.63) is 71.8 Å². The van der Waals surface area contributed by atoms with E-state index in [-0.39, 0.29) is 24.9 Å². The van der Waals surface area contributed by atoms with E-state index in [0.717, 1.165) is 12.0 Å². The SMILES string of the molecule is OCC1OC(c2ccccc2)OCC1Cc1ccccc1. The van der Waals surface area contributed by atoms with Crippen LogP contribution in [0, 0.1) is 5.92 Å². The van der Waals surface area contributed by atoms with Gasteiger partial charge < -0.3 is 14.6 Å². The van der Waals surface area contributed by atoms with Crippen molar-refractivity contribution in [2.24, 2.45) is 5.92 Å². The van der Waals surface area contributed by atoms with Gasteiger partial charge in [-0.1, -0.05) is 60.7 Å². The van der Waals surface area contributed by atoms with Gasteiger partial charge in [0.1, 0.15) is 0 Å². The van der Waals surface area contributed by atoms with Crippen molar-refractivity contribution < 1.29 is 14.6 Å². The van der Waals surface area contributed by atoms with E-state index in [9.17, 15) is 5.11 Å². The van der Waals surface area contributed by atoms with Crippen LogP contribution in [0.5, 0.6) is 0 Å². The molecule has 1 saturated heterocycles. The van der Waals surface area contributed by atoms with Crippen molar-refractivity contribution in [3.8, 4) is 0 Å². The van der Waals surface area contributed by atoms with Crippen LogP contribution in [-0.2, 0) is 15.9 Å². The summed E-state index contributed by atoms with van der Waals surface area (Å²) in [5.74, 6) is 0.178. The fraction of sp³-hybridized carbons (Fsp3) is 0.333. The van der Waals surface area contributed by atoms with Crippen LogP contribution < -0.4 is 0 Å². The minimum absolute atomic E-state index is 0.0180. The summed E-state index contributed by atoms with van der Waals surface area (Å²) in [5, 5.41) is 9.62. The third-order valence-corrected chi connectivity index (χ3v) is 3.88. The summed E-state index contributed by atoms with van der Waals surface area (Å²) in [7, 11) is 0. The molecule has 1 N–H and O–H groups in total. The number of ether oxygens (including phenoxy) is 2. The smallest absolute Gasteiger partial charge is 0.184 e. The van der Waals surface area contributed by atoms with E-state index in [2.05, 4.69) is 12.1 Å². The standard InChI is InChI=1S/C18H20O3/c19-12-17-16(11-14-7-3-1-4-8-14)13-20-18(21-17)15-9-5-2-6-10-15/h1-10,16-19H,11-13H2. The van der Waals surface area contributed by atoms with Crippen LogP contribution in [0.15, 0.2) is 60.7 Å². The minimum Gasteiger partial charge on any atom is -0.394 e. The second kappa shape index (κ2) is 6.85. The Balaban J connectivity index is 1.67. The molecule has 1 aliphatic heterocycles. The molecule has 0 aliphatic carbocycles. The lowest BCUT2D eigenvalue weighted by Crippen LogP contribution is -2.39. The molecule has 2 aromatic carbocycles. The highest BCUT2D eigenvalue weighted by atomic mass is 16.7. The quantitative estimate of drug-likeness (QED) is 0.938. The summed E-state index contributed by atoms with van der Waals surface area (Å²) in [4.78, 5) is 0. The van der Waals surface area contributed by atoms with Crippen molar-refractivity contribution in [3.63, 3.8) is 0 Å². The van der Waals surface area contributed by atoms with Crippen molar-refractivity contribution in [1.82, 2.24) is 0 Å². The van der Waals surface area contributed by atoms with Gasteiger partial charge in [0.15, 0.2) is 6.29 Å². The molecular formula is C18H20O3. The molecule has 3 nitrogen and oxygen atoms in total. The van der Waals surface area contributed by atoms with Crippen LogP contribution in [0.3, 0.4) is 0 Å². The fourth-order valence-corrected chi connectivity index (χ4v) is 2.71. The van der Waals surface area contributed by atoms with E-state index in [0.29, 0.717) is 6.61 Å². The van der Waals surface area contributed by atoms with Crippen molar-refractivity contribution in [1.29, 1.82) is 0 Å². The van der Waals surface area contributed by atoms with Gasteiger partial charge in [-0.3, -0.25) is 0 Å². The summed E-state index contributed by atoms with van der Waals surface area (Å²) in [5.41, 5.74) is 2.24. The van der Waals surface area contributed by atoms with E-state index < -0.39 is 0 Å². The van der Waals surface area contributed by atoms with Crippen LogP contribution in [-0.4, -0.2) is 24.4 Å². The molecule has 0 saturated carbocycles. The van der Waals surface area contributed by atoms with Crippen LogP contribution in [0.25, 0.3) is 0 Å². The van der Waals surface area contributed by atoms with Gasteiger partial charge in [-0.2, -0.15) is 0 Å². The lowest BCUT2D eigenvalue weighted by Gasteiger charge is -2.36. The Morgan fingerprint density at radius 2 is 1.62 bits per heavy atom. The molecule has 0 radical (unpaired) electrons. The number of aliphatic hydroxyl groups is 1. The van der Waals surface area contributed by atoms with Crippen LogP contribution >= 0.6 is 0 Å². The van der Waals surface area contributed by atoms with E-state index in [1.165, 1.54) is 5.56 Å². The van der Waals surface area contributed by atoms with Crippen molar-refractivity contribution in [2.45, 2.75) is 18.8 Å². The van der Waals surface area contributed by atoms with Gasteiger partial charge >= 0.3 is 0 Å². The number of rotatable bonds is 4. The highest BCUT2D eigenvalue weighted by Crippen LogP contribution is 2.30. The highest BCUT2D eigenvalue weighted by molar-refractivity contribution is 5.17. The Morgan fingerprint density at radius 1 is 0.952 bits per heavy atom. The zero-order chi connectivity index (χ0) is 14.5. The molecule has 21 heavy (non-hydrogen) atoms. The average molecular weight is 284 g/mol. The normalized spacial score (nSPS) is 25.7. The van der Waals surface area contributed by atoms with Crippen molar-refractivity contribution >= 4 is 0 Å². The third-order valence-electron chi connectivity index (χ3n) is 3.88. The zero-order valence-corrected chi connectivity index (χ0v) is 11.9. The first-order chi connectivity index (χ1) is 10.4. The van der Waals surface area contributed by atoms with E-state index in [1.54, 1.807) is 0 Å². The first-order valence-electron chi connectivity index (χ1n) is 7.33. The Kier molecular flexibility index (Phi) is 4.65. The molecular weight excluding hydrogens is 264 g/mol. The Hall–Kier alpha value is -1.68. The van der Waals surface area contributed by atoms with Crippen LogP contribution in [0.1, 0.15) is 17.4 Å². The van der Waals surface area contributed by atoms with E-state index in [4.69, 9.17) is 9.47 Å². The first-order valence-corrected chi connectivity index (χ1v) is 7.33. The average Bonchev–Trinajstić information content (AvgIpc) is 2.57. The molecule has 3 rings (SSSR count). The van der Waals surface area contributed by atoms with Gasteiger partial charge in [-0.25, -0.2) is 0 Å². The summed E-state index contributed by atoms with van der Waals surface area (Å²) in [6.07, 6.45) is 0.285. The highest BCUT2D eigenvalue weighted by Gasteiger charge is 2.32. The Morgan fingerprint density at radius 3 is 2.29 bits per heavy atom. The van der Waals surface area contributed by atoms with E-state index in [1.807, 2.05) is 48.5 Å². The molecule has 0 spiro atoms. The molecule has 1 aliphatic rings. The summed E-state index contributed by atoms with van der Waals surface area (Å²) >= 11 is 0. The van der Waals surface area contributed by atoms with Crippen LogP contribution in [0.4, 0.5) is 0 Å². The molecule has 3 heteroatoms. The molecule has 3 unspecified atom stereocenters. The zero-order valence-electron chi connectivity index (χ0n) is 11.9. The fourth-order valence-electron chi connectivity index (χ4n) is 2.71. The monoisotopic (exact) mass is 284 g/mol. The summed E-state index contributed by atoms with van der Waals surface area (Å²) in [6, 6.07) is 20.1. The Labute approximate surface area is 125 Å². The lowest BCUT2D eigenvalue weighted by atomic mass is 9.94. The molecule has 2 aromatic rings. The molecule has 110 valence electrons. The maximum Gasteiger partial charge on any atom is 0.184 e. The maximum absolute atomic E-state index is 9.62. The van der Waals surface area contributed by atoms with Gasteiger partial charge in [0.25, 0.3) is 0 Å². The number of aliphatic hydroxyl groups excluding tert-OH is 1. The van der Waals surface area contributed by atoms with Gasteiger partial charge in [-0.15, -0.1) is 0 Å². The summed E-state index contributed by atoms with van der Waals surface area (Å²) < 4.78 is 11.8. The van der Waals surface area contributed by atoms with Crippen LogP contribution in [0.2, 0.25) is 0 Å². The second-order valence-corrected chi connectivity index (χ2v) is 5.38. The summed E-state index contributed by atoms with van der Waals surface area (Å²) in [6.45, 7) is 0.615. The largest absolute Gasteiger partial charge is 0.394 e. The predicted octanol–water partition coefficient (Wildman–Crippen LogP) is 2.95. The third kappa shape index (κ3) is 3.50. The molecule has 1 heterocycles. The van der Waals surface area contributed by atoms with Gasteiger partial charge in [0.2, 0.25) is 0 Å². The molecule has 1 fully saturated rings. The molecule has 0 aromatic heterocycles. The lowest BCUT2D eigenvalue weighted by molar-refractivity contribution is -0.248. The van der Waals surface area contributed by atoms with Gasteiger partial charge in [0.05, 0.1) is 19.3 Å². The first kappa shape index (κ1) is 14.3. The molecule has 3 atom stereocenters. The molecule has 0 amide bonds. The number of benzene rings is 2. The topological polar surface area (TPSA) is 38.7 Å². The maximum atomic E-state index is 9.62. The second-order valence-electron chi connectivity index (χ2n) is 5.38. The van der Waals surface area contributed by atoms with Gasteiger partial charge in [-0.05, 0) is 12.0 Å². The van der Waals surface area contributed by atoms with E-state index >= 15 is 0 Å². The van der Waals surface area contributed by atoms with Gasteiger partial charge in [0, 0.05) is 11.5 Å². The number of hydrogen-bond acceptors (Lipinski definition) is 3. The molecule has 0 bridgehead atoms. The number of hydrogen-bond donors (Lipinski definition) is 1. The predicted molar refractivity (Wildman–Crippen MR) is 80.7 cm³/mol. The Bertz CT molecular complexity index is 541.